The Labute approximate surface area is 180 Å². The van der Waals surface area contributed by atoms with Crippen LogP contribution in [0.25, 0.3) is 11.3 Å². The summed E-state index contributed by atoms with van der Waals surface area (Å²) in [6.07, 6.45) is 0. The molecule has 3 aromatic carbocycles. The van der Waals surface area contributed by atoms with Crippen molar-refractivity contribution in [3.05, 3.63) is 91.0 Å². The zero-order valence-corrected chi connectivity index (χ0v) is 17.4. The Morgan fingerprint density at radius 3 is 2.16 bits per heavy atom. The molecule has 156 valence electrons. The predicted octanol–water partition coefficient (Wildman–Crippen LogP) is 4.75. The largest absolute Gasteiger partial charge is 0.496 e. The first-order valence-corrected chi connectivity index (χ1v) is 10.9. The fourth-order valence-electron chi connectivity index (χ4n) is 2.91. The van der Waals surface area contributed by atoms with Crippen molar-refractivity contribution in [1.82, 2.24) is 9.97 Å². The van der Waals surface area contributed by atoms with Crippen molar-refractivity contribution in [3.8, 4) is 28.6 Å². The van der Waals surface area contributed by atoms with Gasteiger partial charge in [0.2, 0.25) is 11.8 Å². The van der Waals surface area contributed by atoms with Crippen LogP contribution < -0.4 is 14.2 Å². The van der Waals surface area contributed by atoms with Crippen molar-refractivity contribution in [2.75, 3.05) is 11.8 Å². The maximum absolute atomic E-state index is 12.8. The van der Waals surface area contributed by atoms with Crippen LogP contribution in [0.5, 0.6) is 17.4 Å². The SMILES string of the molecule is COc1ccccc1-c1cc(Oc2ccccc2)nc(NS(=O)(=O)c2ccccc2)n1. The Bertz CT molecular complexity index is 1280. The highest BCUT2D eigenvalue weighted by atomic mass is 32.2. The molecular formula is C23H19N3O4S. The molecule has 1 N–H and O–H groups in total. The third-order valence-corrected chi connectivity index (χ3v) is 5.67. The fourth-order valence-corrected chi connectivity index (χ4v) is 3.87. The topological polar surface area (TPSA) is 90.4 Å². The van der Waals surface area contributed by atoms with Gasteiger partial charge in [-0.25, -0.2) is 18.1 Å². The summed E-state index contributed by atoms with van der Waals surface area (Å²) >= 11 is 0. The van der Waals surface area contributed by atoms with E-state index in [9.17, 15) is 8.42 Å². The summed E-state index contributed by atoms with van der Waals surface area (Å²) in [6, 6.07) is 26.0. The van der Waals surface area contributed by atoms with Gasteiger partial charge in [-0.05, 0) is 36.4 Å². The maximum atomic E-state index is 12.8. The van der Waals surface area contributed by atoms with E-state index < -0.39 is 10.0 Å². The molecule has 0 saturated heterocycles. The summed E-state index contributed by atoms with van der Waals surface area (Å²) in [5, 5.41) is 0. The number of methoxy groups -OCH3 is 1. The highest BCUT2D eigenvalue weighted by Gasteiger charge is 2.18. The van der Waals surface area contributed by atoms with Crippen molar-refractivity contribution in [2.24, 2.45) is 0 Å². The first kappa shape index (κ1) is 20.4. The molecule has 7 nitrogen and oxygen atoms in total. The first-order chi connectivity index (χ1) is 15.0. The molecule has 0 unspecified atom stereocenters. The van der Waals surface area contributed by atoms with Gasteiger partial charge in [0.1, 0.15) is 11.5 Å². The van der Waals surface area contributed by atoms with E-state index in [4.69, 9.17) is 9.47 Å². The van der Waals surface area contributed by atoms with Gasteiger partial charge in [0.25, 0.3) is 10.0 Å². The van der Waals surface area contributed by atoms with E-state index in [1.165, 1.54) is 12.1 Å². The van der Waals surface area contributed by atoms with Gasteiger partial charge in [0, 0.05) is 11.6 Å². The van der Waals surface area contributed by atoms with E-state index in [2.05, 4.69) is 14.7 Å². The lowest BCUT2D eigenvalue weighted by Crippen LogP contribution is -2.15. The molecule has 0 aliphatic carbocycles. The van der Waals surface area contributed by atoms with Gasteiger partial charge in [-0.15, -0.1) is 0 Å². The molecule has 31 heavy (non-hydrogen) atoms. The van der Waals surface area contributed by atoms with Gasteiger partial charge in [-0.1, -0.05) is 48.5 Å². The number of sulfonamides is 1. The summed E-state index contributed by atoms with van der Waals surface area (Å²) in [5.41, 5.74) is 1.12. The zero-order chi connectivity index (χ0) is 21.7. The minimum atomic E-state index is -3.88. The van der Waals surface area contributed by atoms with Crippen molar-refractivity contribution < 1.29 is 17.9 Å². The molecule has 0 aliphatic rings. The minimum Gasteiger partial charge on any atom is -0.496 e. The van der Waals surface area contributed by atoms with E-state index in [1.54, 1.807) is 49.6 Å². The summed E-state index contributed by atoms with van der Waals surface area (Å²) in [7, 11) is -2.32. The monoisotopic (exact) mass is 433 g/mol. The van der Waals surface area contributed by atoms with Gasteiger partial charge >= 0.3 is 0 Å². The molecule has 4 aromatic rings. The lowest BCUT2D eigenvalue weighted by atomic mass is 10.1. The number of anilines is 1. The van der Waals surface area contributed by atoms with Crippen molar-refractivity contribution >= 4 is 16.0 Å². The molecule has 0 aliphatic heterocycles. The fraction of sp³-hybridized carbons (Fsp3) is 0.0435. The van der Waals surface area contributed by atoms with Crippen LogP contribution >= 0.6 is 0 Å². The normalized spacial score (nSPS) is 11.0. The average Bonchev–Trinajstić information content (AvgIpc) is 2.80. The van der Waals surface area contributed by atoms with Crippen LogP contribution in [0.2, 0.25) is 0 Å². The van der Waals surface area contributed by atoms with Gasteiger partial charge in [-0.3, -0.25) is 0 Å². The van der Waals surface area contributed by atoms with Crippen LogP contribution in [0.15, 0.2) is 95.9 Å². The second-order valence-electron chi connectivity index (χ2n) is 6.45. The number of rotatable bonds is 7. The van der Waals surface area contributed by atoms with Gasteiger partial charge in [0.15, 0.2) is 0 Å². The molecule has 1 aromatic heterocycles. The number of nitrogens with zero attached hydrogens (tertiary/aromatic N) is 2. The van der Waals surface area contributed by atoms with Crippen molar-refractivity contribution in [2.45, 2.75) is 4.90 Å². The molecule has 0 fully saturated rings. The standard InChI is InChI=1S/C23H19N3O4S/c1-29-21-15-9-8-14-19(21)20-16-22(30-17-10-4-2-5-11-17)25-23(24-20)26-31(27,28)18-12-6-3-7-13-18/h2-16H,1H3,(H,24,25,26). The van der Waals surface area contributed by atoms with E-state index >= 15 is 0 Å². The average molecular weight is 433 g/mol. The lowest BCUT2D eigenvalue weighted by molar-refractivity contribution is 0.416. The van der Waals surface area contributed by atoms with E-state index in [1.807, 2.05) is 36.4 Å². The molecule has 0 radical (unpaired) electrons. The number of benzene rings is 3. The third-order valence-electron chi connectivity index (χ3n) is 4.33. The maximum Gasteiger partial charge on any atom is 0.264 e. The van der Waals surface area contributed by atoms with Gasteiger partial charge < -0.3 is 9.47 Å². The molecule has 0 atom stereocenters. The Hall–Kier alpha value is -3.91. The lowest BCUT2D eigenvalue weighted by Gasteiger charge is -2.13. The van der Waals surface area contributed by atoms with E-state index in [-0.39, 0.29) is 16.7 Å². The third kappa shape index (κ3) is 4.81. The molecule has 0 bridgehead atoms. The van der Waals surface area contributed by atoms with Crippen LogP contribution in [0, 0.1) is 0 Å². The van der Waals surface area contributed by atoms with E-state index in [0.29, 0.717) is 22.8 Å². The van der Waals surface area contributed by atoms with Crippen molar-refractivity contribution in [1.29, 1.82) is 0 Å². The highest BCUT2D eigenvalue weighted by molar-refractivity contribution is 7.92. The molecule has 0 saturated carbocycles. The molecule has 4 rings (SSSR count). The molecule has 0 spiro atoms. The smallest absolute Gasteiger partial charge is 0.264 e. The first-order valence-electron chi connectivity index (χ1n) is 9.38. The number of hydrogen-bond acceptors (Lipinski definition) is 6. The number of ether oxygens (including phenoxy) is 2. The Morgan fingerprint density at radius 2 is 1.45 bits per heavy atom. The van der Waals surface area contributed by atoms with Crippen LogP contribution in [-0.4, -0.2) is 25.5 Å². The van der Waals surface area contributed by atoms with Gasteiger partial charge in [-0.2, -0.15) is 4.98 Å². The molecule has 0 amide bonds. The quantitative estimate of drug-likeness (QED) is 0.453. The Kier molecular flexibility index (Phi) is 5.81. The molecular weight excluding hydrogens is 414 g/mol. The number of nitrogens with one attached hydrogen (secondary N) is 1. The summed E-state index contributed by atoms with van der Waals surface area (Å²) in [6.45, 7) is 0. The molecule has 8 heteroatoms. The Balaban J connectivity index is 1.78. The number of aromatic nitrogens is 2. The Morgan fingerprint density at radius 1 is 0.806 bits per heavy atom. The highest BCUT2D eigenvalue weighted by Crippen LogP contribution is 2.32. The van der Waals surface area contributed by atoms with Crippen molar-refractivity contribution in [3.63, 3.8) is 0 Å². The van der Waals surface area contributed by atoms with E-state index in [0.717, 1.165) is 0 Å². The number of hydrogen-bond donors (Lipinski definition) is 1. The van der Waals surface area contributed by atoms with Crippen LogP contribution in [-0.2, 0) is 10.0 Å². The summed E-state index contributed by atoms with van der Waals surface area (Å²) < 4.78 is 39.3. The predicted molar refractivity (Wildman–Crippen MR) is 118 cm³/mol. The summed E-state index contributed by atoms with van der Waals surface area (Å²) in [5.74, 6) is 1.22. The minimum absolute atomic E-state index is 0.104. The van der Waals surface area contributed by atoms with Crippen LogP contribution in [0.4, 0.5) is 5.95 Å². The second-order valence-corrected chi connectivity index (χ2v) is 8.13. The van der Waals surface area contributed by atoms with Gasteiger partial charge in [0.05, 0.1) is 17.7 Å². The second kappa shape index (κ2) is 8.85. The zero-order valence-electron chi connectivity index (χ0n) is 16.6. The van der Waals surface area contributed by atoms with Crippen LogP contribution in [0.3, 0.4) is 0 Å². The number of para-hydroxylation sites is 2. The summed E-state index contributed by atoms with van der Waals surface area (Å²) in [4.78, 5) is 8.76. The molecule has 1 heterocycles. The van der Waals surface area contributed by atoms with Crippen LogP contribution in [0.1, 0.15) is 0 Å².